The standard InChI is InChI=1S/C17H26O2/c1-17(2,3)14-8-6-13(7-9-14)11-15(18)12-16-5-4-10-19-16/h6-9,15-16,18H,4-5,10-12H2,1-3H3. The first-order valence-electron chi connectivity index (χ1n) is 7.34. The predicted octanol–water partition coefficient (Wildman–Crippen LogP) is 3.46. The van der Waals surface area contributed by atoms with Gasteiger partial charge in [0.2, 0.25) is 0 Å². The van der Waals surface area contributed by atoms with Crippen molar-refractivity contribution in [2.45, 2.75) is 64.1 Å². The third kappa shape index (κ3) is 4.32. The van der Waals surface area contributed by atoms with E-state index in [0.29, 0.717) is 0 Å². The maximum absolute atomic E-state index is 10.1. The number of aliphatic hydroxyl groups excluding tert-OH is 1. The molecule has 2 heteroatoms. The molecule has 0 radical (unpaired) electrons. The maximum atomic E-state index is 10.1. The van der Waals surface area contributed by atoms with Crippen LogP contribution in [0.25, 0.3) is 0 Å². The third-order valence-electron chi connectivity index (χ3n) is 3.85. The summed E-state index contributed by atoms with van der Waals surface area (Å²) in [5, 5.41) is 10.1. The van der Waals surface area contributed by atoms with Crippen LogP contribution in [0.5, 0.6) is 0 Å². The molecule has 1 aliphatic rings. The zero-order valence-corrected chi connectivity index (χ0v) is 12.4. The molecule has 1 N–H and O–H groups in total. The maximum Gasteiger partial charge on any atom is 0.0605 e. The Bertz CT molecular complexity index is 383. The second kappa shape index (κ2) is 6.06. The molecular weight excluding hydrogens is 236 g/mol. The summed E-state index contributed by atoms with van der Waals surface area (Å²) in [6.07, 6.45) is 3.70. The molecule has 1 fully saturated rings. The fourth-order valence-electron chi connectivity index (χ4n) is 2.63. The Morgan fingerprint density at radius 2 is 1.95 bits per heavy atom. The molecule has 1 aromatic carbocycles. The van der Waals surface area contributed by atoms with E-state index in [1.165, 1.54) is 11.1 Å². The summed E-state index contributed by atoms with van der Waals surface area (Å²) in [4.78, 5) is 0. The van der Waals surface area contributed by atoms with Crippen LogP contribution in [0.1, 0.15) is 51.2 Å². The number of aliphatic hydroxyl groups is 1. The molecule has 2 rings (SSSR count). The summed E-state index contributed by atoms with van der Waals surface area (Å²) in [5.41, 5.74) is 2.73. The van der Waals surface area contributed by atoms with Gasteiger partial charge in [-0.15, -0.1) is 0 Å². The van der Waals surface area contributed by atoms with Crippen molar-refractivity contribution in [2.24, 2.45) is 0 Å². The normalized spacial score (nSPS) is 21.6. The topological polar surface area (TPSA) is 29.5 Å². The molecule has 0 spiro atoms. The Morgan fingerprint density at radius 3 is 2.47 bits per heavy atom. The first kappa shape index (κ1) is 14.5. The van der Waals surface area contributed by atoms with Crippen LogP contribution < -0.4 is 0 Å². The lowest BCUT2D eigenvalue weighted by Crippen LogP contribution is -2.19. The second-order valence-electron chi connectivity index (χ2n) is 6.68. The Hall–Kier alpha value is -0.860. The molecule has 1 heterocycles. The summed E-state index contributed by atoms with van der Waals surface area (Å²) >= 11 is 0. The smallest absolute Gasteiger partial charge is 0.0605 e. The molecule has 106 valence electrons. The monoisotopic (exact) mass is 262 g/mol. The van der Waals surface area contributed by atoms with Crippen molar-refractivity contribution in [3.63, 3.8) is 0 Å². The van der Waals surface area contributed by atoms with Crippen LogP contribution in [-0.2, 0) is 16.6 Å². The highest BCUT2D eigenvalue weighted by Gasteiger charge is 2.20. The molecule has 0 saturated carbocycles. The molecule has 1 aromatic rings. The van der Waals surface area contributed by atoms with Gasteiger partial charge >= 0.3 is 0 Å². The van der Waals surface area contributed by atoms with Gasteiger partial charge in [0, 0.05) is 6.61 Å². The molecule has 0 aromatic heterocycles. The number of hydrogen-bond acceptors (Lipinski definition) is 2. The fourth-order valence-corrected chi connectivity index (χ4v) is 2.63. The van der Waals surface area contributed by atoms with E-state index >= 15 is 0 Å². The predicted molar refractivity (Wildman–Crippen MR) is 78.4 cm³/mol. The molecule has 2 unspecified atom stereocenters. The van der Waals surface area contributed by atoms with E-state index in [9.17, 15) is 5.11 Å². The van der Waals surface area contributed by atoms with Crippen molar-refractivity contribution in [2.75, 3.05) is 6.61 Å². The molecule has 0 aliphatic carbocycles. The van der Waals surface area contributed by atoms with E-state index in [4.69, 9.17) is 4.74 Å². The van der Waals surface area contributed by atoms with E-state index in [1.54, 1.807) is 0 Å². The van der Waals surface area contributed by atoms with Gasteiger partial charge in [-0.05, 0) is 42.2 Å². The van der Waals surface area contributed by atoms with Crippen LogP contribution in [0.2, 0.25) is 0 Å². The molecule has 2 nitrogen and oxygen atoms in total. The van der Waals surface area contributed by atoms with E-state index < -0.39 is 0 Å². The molecule has 0 amide bonds. The van der Waals surface area contributed by atoms with E-state index in [2.05, 4.69) is 45.0 Å². The SMILES string of the molecule is CC(C)(C)c1ccc(CC(O)CC2CCCO2)cc1. The number of rotatable bonds is 4. The fraction of sp³-hybridized carbons (Fsp3) is 0.647. The Morgan fingerprint density at radius 1 is 1.26 bits per heavy atom. The molecule has 1 saturated heterocycles. The minimum Gasteiger partial charge on any atom is -0.393 e. The lowest BCUT2D eigenvalue weighted by Gasteiger charge is -2.20. The van der Waals surface area contributed by atoms with Crippen LogP contribution in [-0.4, -0.2) is 23.9 Å². The highest BCUT2D eigenvalue weighted by molar-refractivity contribution is 5.27. The van der Waals surface area contributed by atoms with Crippen LogP contribution in [0.4, 0.5) is 0 Å². The van der Waals surface area contributed by atoms with Crippen molar-refractivity contribution in [1.29, 1.82) is 0 Å². The van der Waals surface area contributed by atoms with E-state index in [1.807, 2.05) is 0 Å². The Labute approximate surface area is 116 Å². The van der Waals surface area contributed by atoms with E-state index in [-0.39, 0.29) is 17.6 Å². The lowest BCUT2D eigenvalue weighted by atomic mass is 9.86. The minimum atomic E-state index is -0.288. The molecule has 2 atom stereocenters. The van der Waals surface area contributed by atoms with Crippen molar-refractivity contribution in [3.8, 4) is 0 Å². The van der Waals surface area contributed by atoms with Gasteiger partial charge in [0.1, 0.15) is 0 Å². The van der Waals surface area contributed by atoms with Gasteiger partial charge in [-0.3, -0.25) is 0 Å². The van der Waals surface area contributed by atoms with Gasteiger partial charge in [-0.25, -0.2) is 0 Å². The number of ether oxygens (including phenoxy) is 1. The minimum absolute atomic E-state index is 0.189. The van der Waals surface area contributed by atoms with E-state index in [0.717, 1.165) is 32.3 Å². The van der Waals surface area contributed by atoms with Crippen LogP contribution >= 0.6 is 0 Å². The van der Waals surface area contributed by atoms with Crippen molar-refractivity contribution >= 4 is 0 Å². The molecule has 1 aliphatic heterocycles. The van der Waals surface area contributed by atoms with Crippen LogP contribution in [0, 0.1) is 0 Å². The van der Waals surface area contributed by atoms with Gasteiger partial charge in [0.15, 0.2) is 0 Å². The van der Waals surface area contributed by atoms with Gasteiger partial charge in [-0.2, -0.15) is 0 Å². The zero-order valence-electron chi connectivity index (χ0n) is 12.4. The Kier molecular flexibility index (Phi) is 4.64. The molecule has 19 heavy (non-hydrogen) atoms. The van der Waals surface area contributed by atoms with Crippen molar-refractivity contribution in [3.05, 3.63) is 35.4 Å². The van der Waals surface area contributed by atoms with Gasteiger partial charge in [-0.1, -0.05) is 45.0 Å². The highest BCUT2D eigenvalue weighted by atomic mass is 16.5. The summed E-state index contributed by atoms with van der Waals surface area (Å²) in [6.45, 7) is 7.51. The summed E-state index contributed by atoms with van der Waals surface area (Å²) in [6, 6.07) is 8.63. The summed E-state index contributed by atoms with van der Waals surface area (Å²) < 4.78 is 5.57. The van der Waals surface area contributed by atoms with Crippen LogP contribution in [0.15, 0.2) is 24.3 Å². The molecule has 0 bridgehead atoms. The van der Waals surface area contributed by atoms with Gasteiger partial charge in [0.05, 0.1) is 12.2 Å². The average molecular weight is 262 g/mol. The summed E-state index contributed by atoms with van der Waals surface area (Å²) in [7, 11) is 0. The quantitative estimate of drug-likeness (QED) is 0.900. The molecular formula is C17H26O2. The van der Waals surface area contributed by atoms with Gasteiger partial charge < -0.3 is 9.84 Å². The number of benzene rings is 1. The van der Waals surface area contributed by atoms with Crippen molar-refractivity contribution < 1.29 is 9.84 Å². The Balaban J connectivity index is 1.88. The first-order chi connectivity index (χ1) is 8.95. The largest absolute Gasteiger partial charge is 0.393 e. The zero-order chi connectivity index (χ0) is 13.9. The average Bonchev–Trinajstić information content (AvgIpc) is 2.81. The third-order valence-corrected chi connectivity index (χ3v) is 3.85. The lowest BCUT2D eigenvalue weighted by molar-refractivity contribution is 0.0541. The van der Waals surface area contributed by atoms with Crippen molar-refractivity contribution in [1.82, 2.24) is 0 Å². The highest BCUT2D eigenvalue weighted by Crippen LogP contribution is 2.23. The van der Waals surface area contributed by atoms with Gasteiger partial charge in [0.25, 0.3) is 0 Å². The summed E-state index contributed by atoms with van der Waals surface area (Å²) in [5.74, 6) is 0. The second-order valence-corrected chi connectivity index (χ2v) is 6.68. The number of hydrogen-bond donors (Lipinski definition) is 1. The van der Waals surface area contributed by atoms with Crippen LogP contribution in [0.3, 0.4) is 0 Å². The first-order valence-corrected chi connectivity index (χ1v) is 7.34.